The molecule has 118 valence electrons. The van der Waals surface area contributed by atoms with Crippen molar-refractivity contribution in [2.24, 2.45) is 0 Å². The van der Waals surface area contributed by atoms with Gasteiger partial charge < -0.3 is 20.7 Å². The molecule has 0 spiro atoms. The molecule has 0 fully saturated rings. The van der Waals surface area contributed by atoms with E-state index in [1.165, 1.54) is 0 Å². The van der Waals surface area contributed by atoms with Gasteiger partial charge >= 0.3 is 6.03 Å². The molecule has 1 unspecified atom stereocenters. The van der Waals surface area contributed by atoms with Gasteiger partial charge in [-0.25, -0.2) is 13.6 Å². The van der Waals surface area contributed by atoms with Gasteiger partial charge in [-0.15, -0.1) is 0 Å². The average molecular weight is 301 g/mol. The topological polar surface area (TPSA) is 62.4 Å². The van der Waals surface area contributed by atoms with E-state index < -0.39 is 19.1 Å². The molecule has 3 N–H and O–H groups in total. The molecule has 0 radical (unpaired) electrons. The Morgan fingerprint density at radius 1 is 1.38 bits per heavy atom. The van der Waals surface area contributed by atoms with E-state index in [2.05, 4.69) is 20.7 Å². The van der Waals surface area contributed by atoms with Crippen LogP contribution in [-0.2, 0) is 4.74 Å². The Balaban J connectivity index is 2.34. The van der Waals surface area contributed by atoms with Crippen LogP contribution in [0.1, 0.15) is 18.5 Å². The van der Waals surface area contributed by atoms with Gasteiger partial charge in [0.2, 0.25) is 0 Å². The molecule has 2 amide bonds. The maximum atomic E-state index is 11.8. The molecule has 1 aromatic rings. The molecular formula is C14H21F2N3O2. The van der Waals surface area contributed by atoms with E-state index in [0.29, 0.717) is 5.69 Å². The van der Waals surface area contributed by atoms with E-state index in [4.69, 9.17) is 0 Å². The van der Waals surface area contributed by atoms with Crippen LogP contribution in [0.4, 0.5) is 19.3 Å². The lowest BCUT2D eigenvalue weighted by Gasteiger charge is -2.13. The summed E-state index contributed by atoms with van der Waals surface area (Å²) in [6.07, 6.45) is -2.49. The van der Waals surface area contributed by atoms with Crippen LogP contribution in [0.5, 0.6) is 0 Å². The van der Waals surface area contributed by atoms with Crippen molar-refractivity contribution in [1.82, 2.24) is 10.6 Å². The van der Waals surface area contributed by atoms with Crippen LogP contribution in [-0.4, -0.2) is 39.3 Å². The fourth-order valence-electron chi connectivity index (χ4n) is 1.64. The summed E-state index contributed by atoms with van der Waals surface area (Å²) in [5, 5.41) is 8.32. The molecule has 1 atom stereocenters. The molecule has 7 heteroatoms. The van der Waals surface area contributed by atoms with Crippen molar-refractivity contribution in [1.29, 1.82) is 0 Å². The maximum Gasteiger partial charge on any atom is 0.319 e. The van der Waals surface area contributed by atoms with Crippen LogP contribution in [0, 0.1) is 0 Å². The standard InChI is InChI=1S/C14H21F2N3O2/c1-10(17-2)11-4-3-5-12(8-11)19-14(20)18-6-7-21-9-13(15)16/h3-5,8,10,13,17H,6-7,9H2,1-2H3,(H2,18,19,20). The van der Waals surface area contributed by atoms with Gasteiger partial charge in [0.25, 0.3) is 6.43 Å². The second kappa shape index (κ2) is 9.25. The third-order valence-corrected chi connectivity index (χ3v) is 2.85. The number of nitrogens with one attached hydrogen (secondary N) is 3. The molecule has 1 rings (SSSR count). The number of carbonyl (C=O) groups is 1. The summed E-state index contributed by atoms with van der Waals surface area (Å²) in [7, 11) is 1.86. The van der Waals surface area contributed by atoms with Crippen molar-refractivity contribution in [3.05, 3.63) is 29.8 Å². The quantitative estimate of drug-likeness (QED) is 0.646. The number of carbonyl (C=O) groups excluding carboxylic acids is 1. The number of halogens is 2. The van der Waals surface area contributed by atoms with Crippen molar-refractivity contribution in [2.75, 3.05) is 32.1 Å². The first-order valence-corrected chi connectivity index (χ1v) is 6.71. The Morgan fingerprint density at radius 3 is 2.81 bits per heavy atom. The van der Waals surface area contributed by atoms with Gasteiger partial charge in [0.05, 0.1) is 6.61 Å². The van der Waals surface area contributed by atoms with Crippen LogP contribution < -0.4 is 16.0 Å². The molecule has 0 saturated heterocycles. The minimum absolute atomic E-state index is 0.0502. The number of hydrogen-bond donors (Lipinski definition) is 3. The Morgan fingerprint density at radius 2 is 2.14 bits per heavy atom. The first kappa shape index (κ1) is 17.3. The molecule has 0 aromatic heterocycles. The SMILES string of the molecule is CNC(C)c1cccc(NC(=O)NCCOCC(F)F)c1. The van der Waals surface area contributed by atoms with Crippen molar-refractivity contribution < 1.29 is 18.3 Å². The Hall–Kier alpha value is -1.73. The normalized spacial score (nSPS) is 12.2. The highest BCUT2D eigenvalue weighted by atomic mass is 19.3. The van der Waals surface area contributed by atoms with Gasteiger partial charge in [0.15, 0.2) is 0 Å². The highest BCUT2D eigenvalue weighted by Gasteiger charge is 2.06. The van der Waals surface area contributed by atoms with E-state index >= 15 is 0 Å². The minimum atomic E-state index is -2.49. The molecule has 0 aliphatic carbocycles. The van der Waals surface area contributed by atoms with Gasteiger partial charge in [-0.1, -0.05) is 12.1 Å². The Bertz CT molecular complexity index is 444. The van der Waals surface area contributed by atoms with Crippen molar-refractivity contribution in [3.63, 3.8) is 0 Å². The summed E-state index contributed by atoms with van der Waals surface area (Å²) in [5.74, 6) is 0. The number of anilines is 1. The maximum absolute atomic E-state index is 11.8. The van der Waals surface area contributed by atoms with Gasteiger partial charge in [-0.3, -0.25) is 0 Å². The van der Waals surface area contributed by atoms with E-state index in [-0.39, 0.29) is 19.2 Å². The van der Waals surface area contributed by atoms with Gasteiger partial charge in [0.1, 0.15) is 6.61 Å². The predicted octanol–water partition coefficient (Wildman–Crippen LogP) is 2.37. The molecule has 0 aliphatic heterocycles. The first-order chi connectivity index (χ1) is 10.0. The third-order valence-electron chi connectivity index (χ3n) is 2.85. The second-order valence-electron chi connectivity index (χ2n) is 4.48. The van der Waals surface area contributed by atoms with Crippen LogP contribution in [0.2, 0.25) is 0 Å². The van der Waals surface area contributed by atoms with Crippen LogP contribution >= 0.6 is 0 Å². The molecule has 0 bridgehead atoms. The van der Waals surface area contributed by atoms with Crippen LogP contribution in [0.15, 0.2) is 24.3 Å². The Kier molecular flexibility index (Phi) is 7.63. The molecule has 21 heavy (non-hydrogen) atoms. The van der Waals surface area contributed by atoms with Crippen molar-refractivity contribution in [3.8, 4) is 0 Å². The lowest BCUT2D eigenvalue weighted by Crippen LogP contribution is -2.32. The number of rotatable bonds is 8. The van der Waals surface area contributed by atoms with Gasteiger partial charge in [0, 0.05) is 18.3 Å². The highest BCUT2D eigenvalue weighted by Crippen LogP contribution is 2.16. The fourth-order valence-corrected chi connectivity index (χ4v) is 1.64. The average Bonchev–Trinajstić information content (AvgIpc) is 2.46. The molecule has 0 saturated carbocycles. The predicted molar refractivity (Wildman–Crippen MR) is 77.8 cm³/mol. The van der Waals surface area contributed by atoms with Crippen LogP contribution in [0.3, 0.4) is 0 Å². The molecule has 5 nitrogen and oxygen atoms in total. The second-order valence-corrected chi connectivity index (χ2v) is 4.48. The smallest absolute Gasteiger partial charge is 0.319 e. The zero-order chi connectivity index (χ0) is 15.7. The monoisotopic (exact) mass is 301 g/mol. The summed E-state index contributed by atoms with van der Waals surface area (Å²) in [6.45, 7) is 1.62. The first-order valence-electron chi connectivity index (χ1n) is 6.71. The number of alkyl halides is 2. The van der Waals surface area contributed by atoms with Gasteiger partial charge in [-0.05, 0) is 31.7 Å². The van der Waals surface area contributed by atoms with E-state index in [1.54, 1.807) is 6.07 Å². The zero-order valence-corrected chi connectivity index (χ0v) is 12.2. The summed E-state index contributed by atoms with van der Waals surface area (Å²) in [6, 6.07) is 7.24. The molecule has 0 heterocycles. The van der Waals surface area contributed by atoms with Crippen molar-refractivity contribution >= 4 is 11.7 Å². The number of ether oxygens (including phenoxy) is 1. The molecule has 0 aliphatic rings. The van der Waals surface area contributed by atoms with E-state index in [9.17, 15) is 13.6 Å². The summed E-state index contributed by atoms with van der Waals surface area (Å²) >= 11 is 0. The molecule has 1 aromatic carbocycles. The Labute approximate surface area is 123 Å². The summed E-state index contributed by atoms with van der Waals surface area (Å²) in [5.41, 5.74) is 1.72. The minimum Gasteiger partial charge on any atom is -0.374 e. The largest absolute Gasteiger partial charge is 0.374 e. The molecular weight excluding hydrogens is 280 g/mol. The number of benzene rings is 1. The fraction of sp³-hybridized carbons (Fsp3) is 0.500. The summed E-state index contributed by atoms with van der Waals surface area (Å²) in [4.78, 5) is 11.6. The van der Waals surface area contributed by atoms with E-state index in [1.807, 2.05) is 32.2 Å². The van der Waals surface area contributed by atoms with E-state index in [0.717, 1.165) is 5.56 Å². The number of hydrogen-bond acceptors (Lipinski definition) is 3. The number of urea groups is 1. The third kappa shape index (κ3) is 7.01. The lowest BCUT2D eigenvalue weighted by atomic mass is 10.1. The van der Waals surface area contributed by atoms with Crippen LogP contribution in [0.25, 0.3) is 0 Å². The van der Waals surface area contributed by atoms with Gasteiger partial charge in [-0.2, -0.15) is 0 Å². The zero-order valence-electron chi connectivity index (χ0n) is 12.2. The lowest BCUT2D eigenvalue weighted by molar-refractivity contribution is 0.0194. The summed E-state index contributed by atoms with van der Waals surface area (Å²) < 4.78 is 28.3. The number of amides is 2. The van der Waals surface area contributed by atoms with Crippen molar-refractivity contribution in [2.45, 2.75) is 19.4 Å². The highest BCUT2D eigenvalue weighted by molar-refractivity contribution is 5.89.